The Morgan fingerprint density at radius 2 is 2.11 bits per heavy atom. The topological polar surface area (TPSA) is 93.6 Å². The van der Waals surface area contributed by atoms with Crippen LogP contribution < -0.4 is 11.5 Å². The number of aromatic amines is 1. The number of nitrogen functional groups attached to an aromatic ring is 1. The molecule has 0 amide bonds. The standard InChI is InChI=1S/C14H17N5/c15-6-2-1-3-9-4-5-10-11(7-9)19-14(16)13-12(10)17-8-18-13/h4-5,7-8H,1-3,6,15H2,(H2,16,19)(H,17,18). The monoisotopic (exact) mass is 255 g/mol. The van der Waals surface area contributed by atoms with Crippen LogP contribution in [0.5, 0.6) is 0 Å². The van der Waals surface area contributed by atoms with E-state index >= 15 is 0 Å². The van der Waals surface area contributed by atoms with E-state index in [0.717, 1.165) is 47.7 Å². The van der Waals surface area contributed by atoms with Crippen molar-refractivity contribution in [2.45, 2.75) is 19.3 Å². The van der Waals surface area contributed by atoms with Gasteiger partial charge in [0.25, 0.3) is 0 Å². The maximum Gasteiger partial charge on any atom is 0.150 e. The Bertz CT molecular complexity index is 716. The van der Waals surface area contributed by atoms with Gasteiger partial charge in [0.1, 0.15) is 16.9 Å². The first-order chi connectivity index (χ1) is 9.29. The highest BCUT2D eigenvalue weighted by Gasteiger charge is 2.08. The minimum Gasteiger partial charge on any atom is -0.382 e. The number of aryl methyl sites for hydroxylation is 1. The number of unbranched alkanes of at least 4 members (excludes halogenated alkanes) is 1. The van der Waals surface area contributed by atoms with Crippen LogP contribution in [0.3, 0.4) is 0 Å². The van der Waals surface area contributed by atoms with Crippen molar-refractivity contribution in [3.05, 3.63) is 30.1 Å². The fourth-order valence-corrected chi connectivity index (χ4v) is 2.38. The summed E-state index contributed by atoms with van der Waals surface area (Å²) in [5, 5.41) is 1.04. The molecule has 5 nitrogen and oxygen atoms in total. The minimum absolute atomic E-state index is 0.499. The predicted molar refractivity (Wildman–Crippen MR) is 77.8 cm³/mol. The summed E-state index contributed by atoms with van der Waals surface area (Å²) in [7, 11) is 0. The average Bonchev–Trinajstić information content (AvgIpc) is 2.89. The number of H-pyrrole nitrogens is 1. The number of benzene rings is 1. The van der Waals surface area contributed by atoms with Gasteiger partial charge in [0.15, 0.2) is 0 Å². The van der Waals surface area contributed by atoms with E-state index in [2.05, 4.69) is 33.2 Å². The van der Waals surface area contributed by atoms with Crippen molar-refractivity contribution in [3.8, 4) is 0 Å². The summed E-state index contributed by atoms with van der Waals surface area (Å²) < 4.78 is 0. The lowest BCUT2D eigenvalue weighted by molar-refractivity contribution is 0.745. The Morgan fingerprint density at radius 3 is 2.95 bits per heavy atom. The van der Waals surface area contributed by atoms with Crippen LogP contribution in [0.25, 0.3) is 21.9 Å². The molecule has 1 aromatic carbocycles. The van der Waals surface area contributed by atoms with Gasteiger partial charge < -0.3 is 16.5 Å². The molecule has 0 spiro atoms. The highest BCUT2D eigenvalue weighted by atomic mass is 14.9. The molecule has 98 valence electrons. The van der Waals surface area contributed by atoms with Crippen molar-refractivity contribution in [2.24, 2.45) is 5.73 Å². The smallest absolute Gasteiger partial charge is 0.150 e. The third-order valence-corrected chi connectivity index (χ3v) is 3.37. The number of fused-ring (bicyclic) bond motifs is 3. The summed E-state index contributed by atoms with van der Waals surface area (Å²) in [5.41, 5.74) is 15.3. The SMILES string of the molecule is NCCCCc1ccc2c(c1)nc(N)c1[nH]cnc12. The molecule has 0 aliphatic carbocycles. The molecular weight excluding hydrogens is 238 g/mol. The normalized spacial score (nSPS) is 11.4. The lowest BCUT2D eigenvalue weighted by atomic mass is 10.1. The number of nitrogens with zero attached hydrogens (tertiary/aromatic N) is 2. The van der Waals surface area contributed by atoms with Crippen LogP contribution in [-0.4, -0.2) is 21.5 Å². The van der Waals surface area contributed by atoms with Crippen molar-refractivity contribution in [1.82, 2.24) is 15.0 Å². The summed E-state index contributed by atoms with van der Waals surface area (Å²) in [5.74, 6) is 0.499. The van der Waals surface area contributed by atoms with Gasteiger partial charge in [-0.25, -0.2) is 9.97 Å². The van der Waals surface area contributed by atoms with Gasteiger partial charge in [0, 0.05) is 5.39 Å². The van der Waals surface area contributed by atoms with Crippen LogP contribution in [-0.2, 0) is 6.42 Å². The van der Waals surface area contributed by atoms with E-state index in [1.165, 1.54) is 5.56 Å². The zero-order valence-electron chi connectivity index (χ0n) is 10.7. The number of hydrogen-bond donors (Lipinski definition) is 3. The molecular formula is C14H17N5. The van der Waals surface area contributed by atoms with E-state index in [-0.39, 0.29) is 0 Å². The number of nitrogens with one attached hydrogen (secondary N) is 1. The first-order valence-corrected chi connectivity index (χ1v) is 6.51. The maximum atomic E-state index is 5.94. The number of pyridine rings is 1. The number of hydrogen-bond acceptors (Lipinski definition) is 4. The van der Waals surface area contributed by atoms with E-state index in [0.29, 0.717) is 5.82 Å². The largest absolute Gasteiger partial charge is 0.382 e. The molecule has 0 fully saturated rings. The second kappa shape index (κ2) is 4.85. The van der Waals surface area contributed by atoms with Crippen LogP contribution >= 0.6 is 0 Å². The third kappa shape index (κ3) is 2.13. The summed E-state index contributed by atoms with van der Waals surface area (Å²) in [6, 6.07) is 6.30. The molecule has 2 aromatic heterocycles. The first-order valence-electron chi connectivity index (χ1n) is 6.51. The van der Waals surface area contributed by atoms with Gasteiger partial charge in [0.2, 0.25) is 0 Å². The maximum absolute atomic E-state index is 5.94. The first kappa shape index (κ1) is 11.9. The third-order valence-electron chi connectivity index (χ3n) is 3.37. The van der Waals surface area contributed by atoms with Gasteiger partial charge in [0.05, 0.1) is 11.8 Å². The average molecular weight is 255 g/mol. The fraction of sp³-hybridized carbons (Fsp3) is 0.286. The van der Waals surface area contributed by atoms with Crippen LogP contribution in [0.1, 0.15) is 18.4 Å². The molecule has 0 saturated heterocycles. The molecule has 0 unspecified atom stereocenters. The zero-order valence-corrected chi connectivity index (χ0v) is 10.7. The highest BCUT2D eigenvalue weighted by Crippen LogP contribution is 2.26. The lowest BCUT2D eigenvalue weighted by Crippen LogP contribution is -1.99. The molecule has 0 radical (unpaired) electrons. The number of nitrogens with two attached hydrogens (primary N) is 2. The molecule has 0 aliphatic heterocycles. The molecule has 0 saturated carbocycles. The van der Waals surface area contributed by atoms with Gasteiger partial charge in [-0.1, -0.05) is 12.1 Å². The molecule has 5 N–H and O–H groups in total. The van der Waals surface area contributed by atoms with Crippen molar-refractivity contribution < 1.29 is 0 Å². The molecule has 2 heterocycles. The van der Waals surface area contributed by atoms with Crippen molar-refractivity contribution in [2.75, 3.05) is 12.3 Å². The van der Waals surface area contributed by atoms with Crippen molar-refractivity contribution in [1.29, 1.82) is 0 Å². The summed E-state index contributed by atoms with van der Waals surface area (Å²) in [6.45, 7) is 0.743. The molecule has 3 rings (SSSR count). The molecule has 0 atom stereocenters. The van der Waals surface area contributed by atoms with E-state index in [1.54, 1.807) is 6.33 Å². The fourth-order valence-electron chi connectivity index (χ4n) is 2.38. The second-order valence-corrected chi connectivity index (χ2v) is 4.72. The van der Waals surface area contributed by atoms with Gasteiger partial charge in [-0.15, -0.1) is 0 Å². The van der Waals surface area contributed by atoms with Gasteiger partial charge in [-0.05, 0) is 37.4 Å². The van der Waals surface area contributed by atoms with Crippen molar-refractivity contribution >= 4 is 27.8 Å². The number of anilines is 1. The quantitative estimate of drug-likeness (QED) is 0.621. The number of rotatable bonds is 4. The molecule has 3 aromatic rings. The Labute approximate surface area is 111 Å². The Balaban J connectivity index is 2.05. The zero-order chi connectivity index (χ0) is 13.2. The summed E-state index contributed by atoms with van der Waals surface area (Å²) in [6.07, 6.45) is 4.82. The number of aromatic nitrogens is 3. The van der Waals surface area contributed by atoms with Crippen LogP contribution in [0.4, 0.5) is 5.82 Å². The van der Waals surface area contributed by atoms with Crippen molar-refractivity contribution in [3.63, 3.8) is 0 Å². The van der Waals surface area contributed by atoms with E-state index < -0.39 is 0 Å². The van der Waals surface area contributed by atoms with Gasteiger partial charge >= 0.3 is 0 Å². The predicted octanol–water partition coefficient (Wildman–Crippen LogP) is 1.97. The van der Waals surface area contributed by atoms with E-state index in [1.807, 2.05) is 0 Å². The summed E-state index contributed by atoms with van der Waals surface area (Å²) >= 11 is 0. The van der Waals surface area contributed by atoms with Crippen LogP contribution in [0, 0.1) is 0 Å². The van der Waals surface area contributed by atoms with Crippen LogP contribution in [0.15, 0.2) is 24.5 Å². The minimum atomic E-state index is 0.499. The Kier molecular flexibility index (Phi) is 3.05. The summed E-state index contributed by atoms with van der Waals surface area (Å²) in [4.78, 5) is 11.8. The Morgan fingerprint density at radius 1 is 1.21 bits per heavy atom. The molecule has 19 heavy (non-hydrogen) atoms. The van der Waals surface area contributed by atoms with Crippen LogP contribution in [0.2, 0.25) is 0 Å². The second-order valence-electron chi connectivity index (χ2n) is 4.72. The van der Waals surface area contributed by atoms with Gasteiger partial charge in [-0.3, -0.25) is 0 Å². The molecule has 5 heteroatoms. The van der Waals surface area contributed by atoms with Gasteiger partial charge in [-0.2, -0.15) is 0 Å². The molecule has 0 aliphatic rings. The number of imidazole rings is 1. The molecule has 0 bridgehead atoms. The lowest BCUT2D eigenvalue weighted by Gasteiger charge is -2.05. The van der Waals surface area contributed by atoms with E-state index in [9.17, 15) is 0 Å². The van der Waals surface area contributed by atoms with E-state index in [4.69, 9.17) is 11.5 Å². The Hall–Kier alpha value is -2.14. The highest BCUT2D eigenvalue weighted by molar-refractivity contribution is 6.05.